The summed E-state index contributed by atoms with van der Waals surface area (Å²) in [6.45, 7) is 0. The standard InChI is InChI=1S/C11H7BrINOS/c12-8-3-1-2-4-9(8)14-11(15)7-5-10(13)16-6-7/h1-6H,(H,14,15). The smallest absolute Gasteiger partial charge is 0.256 e. The Bertz CT molecular complexity index is 526. The third-order valence-corrected chi connectivity index (χ3v) is 4.43. The minimum Gasteiger partial charge on any atom is -0.321 e. The summed E-state index contributed by atoms with van der Waals surface area (Å²) in [5.41, 5.74) is 1.49. The Hall–Kier alpha value is -0.400. The van der Waals surface area contributed by atoms with Crippen LogP contribution in [-0.2, 0) is 0 Å². The van der Waals surface area contributed by atoms with E-state index >= 15 is 0 Å². The van der Waals surface area contributed by atoms with E-state index in [0.717, 1.165) is 13.0 Å². The Balaban J connectivity index is 2.17. The lowest BCUT2D eigenvalue weighted by atomic mass is 10.3. The monoisotopic (exact) mass is 407 g/mol. The van der Waals surface area contributed by atoms with Gasteiger partial charge in [-0.05, 0) is 56.7 Å². The molecule has 0 aliphatic carbocycles. The van der Waals surface area contributed by atoms with Gasteiger partial charge in [-0.2, -0.15) is 0 Å². The summed E-state index contributed by atoms with van der Waals surface area (Å²) in [5.74, 6) is -0.0777. The number of para-hydroxylation sites is 1. The van der Waals surface area contributed by atoms with Crippen molar-refractivity contribution in [2.75, 3.05) is 5.32 Å². The van der Waals surface area contributed by atoms with Crippen molar-refractivity contribution in [3.05, 3.63) is 48.6 Å². The molecule has 0 saturated carbocycles. The molecule has 1 N–H and O–H groups in total. The Labute approximate surface area is 119 Å². The van der Waals surface area contributed by atoms with Gasteiger partial charge in [0.1, 0.15) is 0 Å². The molecule has 2 nitrogen and oxygen atoms in total. The van der Waals surface area contributed by atoms with E-state index in [9.17, 15) is 4.79 Å². The van der Waals surface area contributed by atoms with Crippen LogP contribution in [0.2, 0.25) is 0 Å². The number of carbonyl (C=O) groups is 1. The molecule has 16 heavy (non-hydrogen) atoms. The van der Waals surface area contributed by atoms with Crippen molar-refractivity contribution in [3.63, 3.8) is 0 Å². The summed E-state index contributed by atoms with van der Waals surface area (Å²) < 4.78 is 1.99. The number of rotatable bonds is 2. The first-order valence-electron chi connectivity index (χ1n) is 4.47. The number of thiophene rings is 1. The topological polar surface area (TPSA) is 29.1 Å². The number of hydrogen-bond donors (Lipinski definition) is 1. The number of amides is 1. The fraction of sp³-hybridized carbons (Fsp3) is 0. The molecule has 1 amide bonds. The molecule has 2 rings (SSSR count). The third kappa shape index (κ3) is 2.83. The normalized spacial score (nSPS) is 10.1. The second-order valence-corrected chi connectivity index (χ2v) is 6.73. The van der Waals surface area contributed by atoms with Crippen LogP contribution >= 0.6 is 49.9 Å². The van der Waals surface area contributed by atoms with Crippen molar-refractivity contribution < 1.29 is 4.79 Å². The minimum absolute atomic E-state index is 0.0777. The Morgan fingerprint density at radius 3 is 2.75 bits per heavy atom. The molecule has 0 fully saturated rings. The number of benzene rings is 1. The van der Waals surface area contributed by atoms with Crippen molar-refractivity contribution in [1.82, 2.24) is 0 Å². The molecule has 5 heteroatoms. The number of anilines is 1. The maximum Gasteiger partial charge on any atom is 0.256 e. The second-order valence-electron chi connectivity index (χ2n) is 3.07. The molecule has 0 saturated heterocycles. The van der Waals surface area contributed by atoms with E-state index in [4.69, 9.17) is 0 Å². The van der Waals surface area contributed by atoms with Crippen LogP contribution < -0.4 is 5.32 Å². The highest BCUT2D eigenvalue weighted by Gasteiger charge is 2.09. The average molecular weight is 408 g/mol. The molecule has 0 radical (unpaired) electrons. The second kappa shape index (κ2) is 5.29. The highest BCUT2D eigenvalue weighted by molar-refractivity contribution is 14.1. The molecule has 1 aromatic heterocycles. The van der Waals surface area contributed by atoms with E-state index in [-0.39, 0.29) is 5.91 Å². The summed E-state index contributed by atoms with van der Waals surface area (Å²) in [6.07, 6.45) is 0. The summed E-state index contributed by atoms with van der Waals surface area (Å²) >= 11 is 7.15. The van der Waals surface area contributed by atoms with Gasteiger partial charge in [-0.15, -0.1) is 11.3 Å². The molecule has 0 spiro atoms. The van der Waals surface area contributed by atoms with E-state index in [0.29, 0.717) is 5.56 Å². The van der Waals surface area contributed by atoms with Crippen molar-refractivity contribution in [3.8, 4) is 0 Å². The highest BCUT2D eigenvalue weighted by atomic mass is 127. The SMILES string of the molecule is O=C(Nc1ccccc1Br)c1csc(I)c1. The van der Waals surface area contributed by atoms with E-state index < -0.39 is 0 Å². The highest BCUT2D eigenvalue weighted by Crippen LogP contribution is 2.23. The number of halogens is 2. The van der Waals surface area contributed by atoms with E-state index in [1.165, 1.54) is 0 Å². The van der Waals surface area contributed by atoms with Gasteiger partial charge in [0.25, 0.3) is 5.91 Å². The minimum atomic E-state index is -0.0777. The van der Waals surface area contributed by atoms with Crippen molar-refractivity contribution in [2.24, 2.45) is 0 Å². The summed E-state index contributed by atoms with van der Waals surface area (Å²) in [6, 6.07) is 9.43. The molecule has 0 aliphatic heterocycles. The van der Waals surface area contributed by atoms with Crippen LogP contribution in [0.15, 0.2) is 40.2 Å². The molecule has 82 valence electrons. The van der Waals surface area contributed by atoms with Crippen LogP contribution in [0.25, 0.3) is 0 Å². The van der Waals surface area contributed by atoms with Gasteiger partial charge in [0.2, 0.25) is 0 Å². The number of carbonyl (C=O) groups excluding carboxylic acids is 1. The lowest BCUT2D eigenvalue weighted by Gasteiger charge is -2.05. The van der Waals surface area contributed by atoms with Crippen LogP contribution in [0, 0.1) is 2.88 Å². The zero-order chi connectivity index (χ0) is 11.5. The molecule has 2 aromatic rings. The fourth-order valence-electron chi connectivity index (χ4n) is 1.19. The van der Waals surface area contributed by atoms with Crippen LogP contribution in [0.4, 0.5) is 5.69 Å². The molecule has 1 aromatic carbocycles. The molecule has 0 aliphatic rings. The molecular weight excluding hydrogens is 401 g/mol. The molecular formula is C11H7BrINOS. The van der Waals surface area contributed by atoms with Gasteiger partial charge >= 0.3 is 0 Å². The first-order chi connectivity index (χ1) is 7.66. The average Bonchev–Trinajstić information content (AvgIpc) is 2.68. The van der Waals surface area contributed by atoms with Gasteiger partial charge in [-0.25, -0.2) is 0 Å². The predicted molar refractivity (Wildman–Crippen MR) is 79.1 cm³/mol. The van der Waals surface area contributed by atoms with Crippen molar-refractivity contribution in [1.29, 1.82) is 0 Å². The molecule has 0 atom stereocenters. The van der Waals surface area contributed by atoms with Crippen LogP contribution in [0.3, 0.4) is 0 Å². The lowest BCUT2D eigenvalue weighted by molar-refractivity contribution is 0.102. The maximum atomic E-state index is 11.9. The number of nitrogens with one attached hydrogen (secondary N) is 1. The Morgan fingerprint density at radius 1 is 1.38 bits per heavy atom. The quantitative estimate of drug-likeness (QED) is 0.736. The Kier molecular flexibility index (Phi) is 3.99. The first kappa shape index (κ1) is 12.1. The zero-order valence-corrected chi connectivity index (χ0v) is 12.6. The van der Waals surface area contributed by atoms with Crippen molar-refractivity contribution in [2.45, 2.75) is 0 Å². The van der Waals surface area contributed by atoms with E-state index in [1.807, 2.05) is 35.7 Å². The zero-order valence-electron chi connectivity index (χ0n) is 8.04. The summed E-state index contributed by atoms with van der Waals surface area (Å²) in [7, 11) is 0. The molecule has 0 unspecified atom stereocenters. The predicted octanol–water partition coefficient (Wildman–Crippen LogP) is 4.37. The van der Waals surface area contributed by atoms with Crippen LogP contribution in [0.5, 0.6) is 0 Å². The Morgan fingerprint density at radius 2 is 2.12 bits per heavy atom. The van der Waals surface area contributed by atoms with Gasteiger partial charge in [0.05, 0.1) is 14.1 Å². The third-order valence-electron chi connectivity index (χ3n) is 1.95. The maximum absolute atomic E-state index is 11.9. The van der Waals surface area contributed by atoms with Gasteiger partial charge in [-0.3, -0.25) is 4.79 Å². The number of hydrogen-bond acceptors (Lipinski definition) is 2. The molecule has 1 heterocycles. The lowest BCUT2D eigenvalue weighted by Crippen LogP contribution is -2.11. The van der Waals surface area contributed by atoms with Crippen LogP contribution in [0.1, 0.15) is 10.4 Å². The van der Waals surface area contributed by atoms with E-state index in [2.05, 4.69) is 43.8 Å². The van der Waals surface area contributed by atoms with Gasteiger partial charge in [0, 0.05) is 9.85 Å². The van der Waals surface area contributed by atoms with Crippen molar-refractivity contribution >= 4 is 61.5 Å². The fourth-order valence-corrected chi connectivity index (χ4v) is 2.90. The van der Waals surface area contributed by atoms with Crippen LogP contribution in [-0.4, -0.2) is 5.91 Å². The summed E-state index contributed by atoms with van der Waals surface area (Å²) in [4.78, 5) is 11.9. The van der Waals surface area contributed by atoms with Gasteiger partial charge in [-0.1, -0.05) is 12.1 Å². The van der Waals surface area contributed by atoms with E-state index in [1.54, 1.807) is 11.3 Å². The summed E-state index contributed by atoms with van der Waals surface area (Å²) in [5, 5.41) is 4.71. The van der Waals surface area contributed by atoms with Gasteiger partial charge < -0.3 is 5.32 Å². The first-order valence-corrected chi connectivity index (χ1v) is 7.22. The largest absolute Gasteiger partial charge is 0.321 e. The molecule has 0 bridgehead atoms. The van der Waals surface area contributed by atoms with Gasteiger partial charge in [0.15, 0.2) is 0 Å².